The summed E-state index contributed by atoms with van der Waals surface area (Å²) in [5.74, 6) is 0.346. The number of rotatable bonds is 4. The molecular weight excluding hydrogens is 333 g/mol. The molecule has 1 N–H and O–H groups in total. The van der Waals surface area contributed by atoms with E-state index in [1.807, 2.05) is 18.2 Å². The van der Waals surface area contributed by atoms with Crippen molar-refractivity contribution in [1.82, 2.24) is 0 Å². The van der Waals surface area contributed by atoms with E-state index in [0.717, 1.165) is 15.8 Å². The average Bonchev–Trinajstić information content (AvgIpc) is 2.41. The van der Waals surface area contributed by atoms with Crippen molar-refractivity contribution in [3.05, 3.63) is 57.3 Å². The lowest BCUT2D eigenvalue weighted by molar-refractivity contribution is 0.414. The molecule has 0 spiro atoms. The second-order valence-corrected chi connectivity index (χ2v) is 5.20. The number of hydrogen-bond donors (Lipinski definition) is 1. The van der Waals surface area contributed by atoms with Crippen LogP contribution in [0.2, 0.25) is 5.02 Å². The van der Waals surface area contributed by atoms with Gasteiger partial charge in [-0.25, -0.2) is 4.39 Å². The Labute approximate surface area is 124 Å². The van der Waals surface area contributed by atoms with Crippen molar-refractivity contribution >= 4 is 33.2 Å². The first-order valence-corrected chi connectivity index (χ1v) is 6.78. The van der Waals surface area contributed by atoms with Gasteiger partial charge in [-0.2, -0.15) is 0 Å². The third-order valence-electron chi connectivity index (χ3n) is 2.66. The van der Waals surface area contributed by atoms with Crippen LogP contribution in [0.5, 0.6) is 5.75 Å². The second-order valence-electron chi connectivity index (χ2n) is 3.94. The van der Waals surface area contributed by atoms with Gasteiger partial charge in [-0.3, -0.25) is 0 Å². The molecule has 100 valence electrons. The zero-order chi connectivity index (χ0) is 13.8. The Hall–Kier alpha value is -1.26. The largest absolute Gasteiger partial charge is 0.497 e. The Balaban J connectivity index is 2.11. The Morgan fingerprint density at radius 2 is 2.05 bits per heavy atom. The number of halogens is 3. The minimum absolute atomic E-state index is 0.119. The fourth-order valence-electron chi connectivity index (χ4n) is 1.62. The van der Waals surface area contributed by atoms with Crippen molar-refractivity contribution in [2.45, 2.75) is 6.54 Å². The summed E-state index contributed by atoms with van der Waals surface area (Å²) in [6.07, 6.45) is 0. The predicted molar refractivity (Wildman–Crippen MR) is 79.4 cm³/mol. The molecule has 0 aliphatic carbocycles. The van der Waals surface area contributed by atoms with Crippen LogP contribution in [0.15, 0.2) is 40.9 Å². The summed E-state index contributed by atoms with van der Waals surface area (Å²) in [4.78, 5) is 0. The van der Waals surface area contributed by atoms with Gasteiger partial charge >= 0.3 is 0 Å². The van der Waals surface area contributed by atoms with E-state index < -0.39 is 5.82 Å². The van der Waals surface area contributed by atoms with Gasteiger partial charge in [-0.05, 0) is 42.0 Å². The average molecular weight is 345 g/mol. The lowest BCUT2D eigenvalue weighted by Gasteiger charge is -2.10. The highest BCUT2D eigenvalue weighted by Gasteiger charge is 2.04. The van der Waals surface area contributed by atoms with Gasteiger partial charge < -0.3 is 10.1 Å². The van der Waals surface area contributed by atoms with Gasteiger partial charge in [0, 0.05) is 16.7 Å². The zero-order valence-corrected chi connectivity index (χ0v) is 12.6. The summed E-state index contributed by atoms with van der Waals surface area (Å²) >= 11 is 9.10. The molecule has 19 heavy (non-hydrogen) atoms. The van der Waals surface area contributed by atoms with Crippen LogP contribution in [0.3, 0.4) is 0 Å². The van der Waals surface area contributed by atoms with Crippen LogP contribution in [0.4, 0.5) is 10.1 Å². The van der Waals surface area contributed by atoms with Gasteiger partial charge in [0.25, 0.3) is 0 Å². The molecule has 0 amide bonds. The van der Waals surface area contributed by atoms with Crippen LogP contribution in [0.1, 0.15) is 5.56 Å². The number of ether oxygens (including phenoxy) is 1. The van der Waals surface area contributed by atoms with E-state index >= 15 is 0 Å². The fraction of sp³-hybridized carbons (Fsp3) is 0.143. The lowest BCUT2D eigenvalue weighted by Crippen LogP contribution is -2.01. The standard InChI is InChI=1S/C14H12BrClFNO/c1-19-11-3-4-12(15)9(6-11)8-18-10-2-5-13(16)14(17)7-10/h2-7,18H,8H2,1H3. The molecular formula is C14H12BrClFNO. The Bertz CT molecular complexity index is 592. The van der Waals surface area contributed by atoms with E-state index in [2.05, 4.69) is 21.2 Å². The van der Waals surface area contributed by atoms with E-state index in [9.17, 15) is 4.39 Å². The molecule has 0 atom stereocenters. The van der Waals surface area contributed by atoms with E-state index in [1.165, 1.54) is 12.1 Å². The number of anilines is 1. The van der Waals surface area contributed by atoms with E-state index in [4.69, 9.17) is 16.3 Å². The monoisotopic (exact) mass is 343 g/mol. The van der Waals surface area contributed by atoms with Crippen molar-refractivity contribution in [3.63, 3.8) is 0 Å². The fourth-order valence-corrected chi connectivity index (χ4v) is 2.12. The third-order valence-corrected chi connectivity index (χ3v) is 3.74. The topological polar surface area (TPSA) is 21.3 Å². The van der Waals surface area contributed by atoms with Crippen molar-refractivity contribution in [2.75, 3.05) is 12.4 Å². The number of benzene rings is 2. The molecule has 2 rings (SSSR count). The third kappa shape index (κ3) is 3.61. The van der Waals surface area contributed by atoms with Gasteiger partial charge in [0.15, 0.2) is 0 Å². The van der Waals surface area contributed by atoms with Crippen LogP contribution in [0.25, 0.3) is 0 Å². The molecule has 0 unspecified atom stereocenters. The minimum atomic E-state index is -0.434. The van der Waals surface area contributed by atoms with Gasteiger partial charge in [0.05, 0.1) is 12.1 Å². The highest BCUT2D eigenvalue weighted by atomic mass is 79.9. The van der Waals surface area contributed by atoms with Crippen molar-refractivity contribution in [1.29, 1.82) is 0 Å². The van der Waals surface area contributed by atoms with Crippen molar-refractivity contribution in [2.24, 2.45) is 0 Å². The molecule has 0 aliphatic heterocycles. The van der Waals surface area contributed by atoms with Crippen LogP contribution >= 0.6 is 27.5 Å². The normalized spacial score (nSPS) is 10.3. The molecule has 2 nitrogen and oxygen atoms in total. The molecule has 0 aromatic heterocycles. The highest BCUT2D eigenvalue weighted by molar-refractivity contribution is 9.10. The summed E-state index contributed by atoms with van der Waals surface area (Å²) in [5, 5.41) is 3.26. The smallest absolute Gasteiger partial charge is 0.143 e. The van der Waals surface area contributed by atoms with Crippen LogP contribution in [-0.2, 0) is 6.54 Å². The van der Waals surface area contributed by atoms with Crippen LogP contribution in [-0.4, -0.2) is 7.11 Å². The zero-order valence-electron chi connectivity index (χ0n) is 10.2. The van der Waals surface area contributed by atoms with E-state index in [1.54, 1.807) is 13.2 Å². The Morgan fingerprint density at radius 3 is 2.74 bits per heavy atom. The molecule has 0 fully saturated rings. The predicted octanol–water partition coefficient (Wildman–Crippen LogP) is 4.86. The molecule has 0 aliphatic rings. The Morgan fingerprint density at radius 1 is 1.26 bits per heavy atom. The van der Waals surface area contributed by atoms with Crippen LogP contribution < -0.4 is 10.1 Å². The first-order chi connectivity index (χ1) is 9.10. The maximum atomic E-state index is 13.3. The van der Waals surface area contributed by atoms with Crippen molar-refractivity contribution < 1.29 is 9.13 Å². The molecule has 2 aromatic carbocycles. The SMILES string of the molecule is COc1ccc(Br)c(CNc2ccc(Cl)c(F)c2)c1. The van der Waals surface area contributed by atoms with E-state index in [-0.39, 0.29) is 5.02 Å². The van der Waals surface area contributed by atoms with E-state index in [0.29, 0.717) is 12.2 Å². The lowest BCUT2D eigenvalue weighted by atomic mass is 10.2. The molecule has 0 radical (unpaired) electrons. The van der Waals surface area contributed by atoms with Crippen LogP contribution in [0, 0.1) is 5.82 Å². The minimum Gasteiger partial charge on any atom is -0.497 e. The van der Waals surface area contributed by atoms with Gasteiger partial charge in [-0.15, -0.1) is 0 Å². The number of methoxy groups -OCH3 is 1. The van der Waals surface area contributed by atoms with Crippen molar-refractivity contribution in [3.8, 4) is 5.75 Å². The molecule has 0 saturated heterocycles. The van der Waals surface area contributed by atoms with Gasteiger partial charge in [0.2, 0.25) is 0 Å². The summed E-state index contributed by atoms with van der Waals surface area (Å²) in [5.41, 5.74) is 1.70. The molecule has 5 heteroatoms. The molecule has 0 saturated carbocycles. The molecule has 0 heterocycles. The quantitative estimate of drug-likeness (QED) is 0.855. The number of nitrogens with one attached hydrogen (secondary N) is 1. The maximum absolute atomic E-state index is 13.3. The van der Waals surface area contributed by atoms with Gasteiger partial charge in [-0.1, -0.05) is 27.5 Å². The summed E-state index contributed by atoms with van der Waals surface area (Å²) < 4.78 is 19.4. The summed E-state index contributed by atoms with van der Waals surface area (Å²) in [6.45, 7) is 0.554. The highest BCUT2D eigenvalue weighted by Crippen LogP contribution is 2.24. The number of hydrogen-bond acceptors (Lipinski definition) is 2. The first-order valence-electron chi connectivity index (χ1n) is 5.61. The summed E-state index contributed by atoms with van der Waals surface area (Å²) in [6, 6.07) is 10.3. The summed E-state index contributed by atoms with van der Waals surface area (Å²) in [7, 11) is 1.62. The second kappa shape index (κ2) is 6.26. The maximum Gasteiger partial charge on any atom is 0.143 e. The molecule has 2 aromatic rings. The first kappa shape index (κ1) is 14.2. The van der Waals surface area contributed by atoms with Gasteiger partial charge in [0.1, 0.15) is 11.6 Å². The molecule has 0 bridgehead atoms. The Kier molecular flexibility index (Phi) is 4.66.